The Morgan fingerprint density at radius 2 is 1.81 bits per heavy atom. The number of halogens is 1. The highest BCUT2D eigenvalue weighted by atomic mass is 35.5. The van der Waals surface area contributed by atoms with Crippen molar-refractivity contribution in [2.45, 2.75) is 0 Å². The molecule has 0 aliphatic heterocycles. The summed E-state index contributed by atoms with van der Waals surface area (Å²) in [6.07, 6.45) is 0. The predicted molar refractivity (Wildman–Crippen MR) is 79.4 cm³/mol. The van der Waals surface area contributed by atoms with Gasteiger partial charge < -0.3 is 15.2 Å². The number of carboxylic acids is 1. The van der Waals surface area contributed by atoms with Crippen LogP contribution < -0.4 is 10.1 Å². The van der Waals surface area contributed by atoms with Crippen molar-refractivity contribution in [3.05, 3.63) is 58.6 Å². The van der Waals surface area contributed by atoms with Crippen molar-refractivity contribution in [1.29, 1.82) is 0 Å². The number of hydrogen-bond acceptors (Lipinski definition) is 3. The molecule has 21 heavy (non-hydrogen) atoms. The number of benzene rings is 2. The second kappa shape index (κ2) is 6.28. The first-order valence-electron chi connectivity index (χ1n) is 6.00. The van der Waals surface area contributed by atoms with Crippen molar-refractivity contribution in [2.24, 2.45) is 0 Å². The van der Waals surface area contributed by atoms with Crippen LogP contribution in [0.4, 0.5) is 5.69 Å². The molecule has 0 fully saturated rings. The molecule has 108 valence electrons. The molecule has 0 aliphatic rings. The number of aromatic carboxylic acids is 1. The van der Waals surface area contributed by atoms with E-state index in [0.717, 1.165) is 0 Å². The van der Waals surface area contributed by atoms with E-state index in [1.165, 1.54) is 19.2 Å². The Hall–Kier alpha value is -2.53. The highest BCUT2D eigenvalue weighted by molar-refractivity contribution is 6.34. The maximum absolute atomic E-state index is 12.2. The number of rotatable bonds is 4. The summed E-state index contributed by atoms with van der Waals surface area (Å²) < 4.78 is 5.06. The van der Waals surface area contributed by atoms with E-state index >= 15 is 0 Å². The number of carboxylic acid groups (broad SMARTS) is 1. The Morgan fingerprint density at radius 1 is 1.14 bits per heavy atom. The highest BCUT2D eigenvalue weighted by Crippen LogP contribution is 2.27. The molecule has 6 heteroatoms. The molecule has 0 unspecified atom stereocenters. The molecule has 0 saturated carbocycles. The molecule has 0 saturated heterocycles. The number of carbonyl (C=O) groups is 2. The fraction of sp³-hybridized carbons (Fsp3) is 0.0667. The Labute approximate surface area is 126 Å². The third-order valence-electron chi connectivity index (χ3n) is 2.82. The van der Waals surface area contributed by atoms with Gasteiger partial charge in [-0.3, -0.25) is 4.79 Å². The molecular weight excluding hydrogens is 294 g/mol. The van der Waals surface area contributed by atoms with E-state index < -0.39 is 11.9 Å². The number of carbonyl (C=O) groups excluding carboxylic acids is 1. The second-order valence-electron chi connectivity index (χ2n) is 4.15. The van der Waals surface area contributed by atoms with Crippen LogP contribution in [0.15, 0.2) is 42.5 Å². The van der Waals surface area contributed by atoms with Crippen LogP contribution in [0.3, 0.4) is 0 Å². The number of nitrogens with one attached hydrogen (secondary N) is 1. The van der Waals surface area contributed by atoms with Gasteiger partial charge in [-0.2, -0.15) is 0 Å². The summed E-state index contributed by atoms with van der Waals surface area (Å²) in [7, 11) is 1.49. The SMILES string of the molecule is COc1ccc(Cl)c(NC(=O)c2ccccc2C(=O)O)c1. The van der Waals surface area contributed by atoms with Gasteiger partial charge in [0.15, 0.2) is 0 Å². The zero-order valence-corrected chi connectivity index (χ0v) is 11.8. The summed E-state index contributed by atoms with van der Waals surface area (Å²) in [5.74, 6) is -1.19. The quantitative estimate of drug-likeness (QED) is 0.908. The first-order valence-corrected chi connectivity index (χ1v) is 6.38. The number of hydrogen-bond donors (Lipinski definition) is 2. The predicted octanol–water partition coefficient (Wildman–Crippen LogP) is 3.30. The summed E-state index contributed by atoms with van der Waals surface area (Å²) in [5.41, 5.74) is 0.333. The van der Waals surface area contributed by atoms with Crippen LogP contribution >= 0.6 is 11.6 Å². The van der Waals surface area contributed by atoms with Crippen LogP contribution in [0.5, 0.6) is 5.75 Å². The highest BCUT2D eigenvalue weighted by Gasteiger charge is 2.16. The molecule has 0 radical (unpaired) electrons. The van der Waals surface area contributed by atoms with Crippen LogP contribution in [0.25, 0.3) is 0 Å². The van der Waals surface area contributed by atoms with Gasteiger partial charge in [-0.1, -0.05) is 23.7 Å². The van der Waals surface area contributed by atoms with Gasteiger partial charge in [-0.15, -0.1) is 0 Å². The van der Waals surface area contributed by atoms with Gasteiger partial charge in [0, 0.05) is 6.07 Å². The lowest BCUT2D eigenvalue weighted by Gasteiger charge is -2.10. The van der Waals surface area contributed by atoms with Crippen LogP contribution in [0, 0.1) is 0 Å². The lowest BCUT2D eigenvalue weighted by Crippen LogP contribution is -2.16. The van der Waals surface area contributed by atoms with Crippen molar-refractivity contribution in [3.8, 4) is 5.75 Å². The van der Waals surface area contributed by atoms with E-state index in [-0.39, 0.29) is 11.1 Å². The molecule has 2 aromatic rings. The molecular formula is C15H12ClNO4. The van der Waals surface area contributed by atoms with Gasteiger partial charge in [0.2, 0.25) is 0 Å². The van der Waals surface area contributed by atoms with Crippen molar-refractivity contribution in [3.63, 3.8) is 0 Å². The van der Waals surface area contributed by atoms with E-state index in [0.29, 0.717) is 16.5 Å². The maximum atomic E-state index is 12.2. The van der Waals surface area contributed by atoms with E-state index in [9.17, 15) is 9.59 Å². The average Bonchev–Trinajstić information content (AvgIpc) is 2.49. The lowest BCUT2D eigenvalue weighted by atomic mass is 10.1. The third kappa shape index (κ3) is 3.32. The molecule has 0 bridgehead atoms. The van der Waals surface area contributed by atoms with Gasteiger partial charge in [-0.05, 0) is 24.3 Å². The first kappa shape index (κ1) is 14.9. The molecule has 0 aromatic heterocycles. The van der Waals surface area contributed by atoms with Gasteiger partial charge in [0.1, 0.15) is 5.75 Å². The van der Waals surface area contributed by atoms with E-state index in [2.05, 4.69) is 5.32 Å². The molecule has 1 amide bonds. The number of anilines is 1. The summed E-state index contributed by atoms with van der Waals surface area (Å²) in [4.78, 5) is 23.3. The molecule has 0 spiro atoms. The lowest BCUT2D eigenvalue weighted by molar-refractivity contribution is 0.0692. The van der Waals surface area contributed by atoms with Crippen molar-refractivity contribution >= 4 is 29.2 Å². The van der Waals surface area contributed by atoms with Crippen molar-refractivity contribution in [1.82, 2.24) is 0 Å². The van der Waals surface area contributed by atoms with E-state index in [1.807, 2.05) is 0 Å². The van der Waals surface area contributed by atoms with Crippen molar-refractivity contribution < 1.29 is 19.4 Å². The number of amides is 1. The first-order chi connectivity index (χ1) is 10.0. The second-order valence-corrected chi connectivity index (χ2v) is 4.56. The standard InChI is InChI=1S/C15H12ClNO4/c1-21-9-6-7-12(16)13(8-9)17-14(18)10-4-2-3-5-11(10)15(19)20/h2-8H,1H3,(H,17,18)(H,19,20). The van der Waals surface area contributed by atoms with Crippen molar-refractivity contribution in [2.75, 3.05) is 12.4 Å². The summed E-state index contributed by atoms with van der Waals surface area (Å²) in [6.45, 7) is 0. The molecule has 5 nitrogen and oxygen atoms in total. The topological polar surface area (TPSA) is 75.6 Å². The molecule has 2 N–H and O–H groups in total. The van der Waals surface area contributed by atoms with Crippen LogP contribution in [0.2, 0.25) is 5.02 Å². The van der Waals surface area contributed by atoms with Crippen LogP contribution in [0.1, 0.15) is 20.7 Å². The molecule has 0 atom stereocenters. The monoisotopic (exact) mass is 305 g/mol. The third-order valence-corrected chi connectivity index (χ3v) is 3.15. The minimum atomic E-state index is -1.17. The minimum absolute atomic E-state index is 0.0592. The summed E-state index contributed by atoms with van der Waals surface area (Å²) in [6, 6.07) is 10.7. The fourth-order valence-corrected chi connectivity index (χ4v) is 1.95. The van der Waals surface area contributed by atoms with E-state index in [1.54, 1.807) is 30.3 Å². The number of ether oxygens (including phenoxy) is 1. The normalized spacial score (nSPS) is 10.0. The zero-order chi connectivity index (χ0) is 15.4. The molecule has 0 heterocycles. The van der Waals surface area contributed by atoms with Crippen LogP contribution in [-0.4, -0.2) is 24.1 Å². The zero-order valence-electron chi connectivity index (χ0n) is 11.1. The van der Waals surface area contributed by atoms with Gasteiger partial charge in [0.25, 0.3) is 5.91 Å². The number of methoxy groups -OCH3 is 1. The smallest absolute Gasteiger partial charge is 0.336 e. The van der Waals surface area contributed by atoms with Gasteiger partial charge >= 0.3 is 5.97 Å². The Bertz CT molecular complexity index is 700. The van der Waals surface area contributed by atoms with Crippen LogP contribution in [-0.2, 0) is 0 Å². The van der Waals surface area contributed by atoms with Gasteiger partial charge in [0.05, 0.1) is 28.9 Å². The summed E-state index contributed by atoms with van der Waals surface area (Å²) in [5, 5.41) is 12.0. The Balaban J connectivity index is 2.33. The van der Waals surface area contributed by atoms with Gasteiger partial charge in [-0.25, -0.2) is 4.79 Å². The summed E-state index contributed by atoms with van der Waals surface area (Å²) >= 11 is 6.00. The fourth-order valence-electron chi connectivity index (χ4n) is 1.78. The molecule has 0 aliphatic carbocycles. The Morgan fingerprint density at radius 3 is 2.43 bits per heavy atom. The Kier molecular flexibility index (Phi) is 4.45. The average molecular weight is 306 g/mol. The maximum Gasteiger partial charge on any atom is 0.336 e. The minimum Gasteiger partial charge on any atom is -0.497 e. The molecule has 2 rings (SSSR count). The van der Waals surface area contributed by atoms with E-state index in [4.69, 9.17) is 21.4 Å². The molecule has 2 aromatic carbocycles. The largest absolute Gasteiger partial charge is 0.497 e.